The predicted octanol–water partition coefficient (Wildman–Crippen LogP) is 3.60. The van der Waals surface area contributed by atoms with Gasteiger partial charge in [-0.05, 0) is 67.9 Å². The van der Waals surface area contributed by atoms with Crippen LogP contribution in [0, 0.1) is 6.92 Å². The number of benzene rings is 1. The first kappa shape index (κ1) is 21.6. The molecule has 3 aromatic rings. The summed E-state index contributed by atoms with van der Waals surface area (Å²) < 4.78 is 19.5. The molecular weight excluding hydrogens is 420 g/mol. The zero-order valence-electron chi connectivity index (χ0n) is 19.0. The molecule has 172 valence electrons. The van der Waals surface area contributed by atoms with E-state index in [-0.39, 0.29) is 17.8 Å². The lowest BCUT2D eigenvalue weighted by Gasteiger charge is -2.29. The van der Waals surface area contributed by atoms with E-state index in [0.717, 1.165) is 54.3 Å². The average molecular weight is 449 g/mol. The molecule has 1 aromatic carbocycles. The van der Waals surface area contributed by atoms with Gasteiger partial charge >= 0.3 is 6.01 Å². The van der Waals surface area contributed by atoms with Gasteiger partial charge in [-0.2, -0.15) is 0 Å². The molecule has 0 spiro atoms. The number of hydrogen-bond donors (Lipinski definition) is 0. The molecule has 5 rings (SSSR count). The molecule has 8 nitrogen and oxygen atoms in total. The normalized spacial score (nSPS) is 21.0. The van der Waals surface area contributed by atoms with Crippen molar-refractivity contribution in [1.29, 1.82) is 0 Å². The fourth-order valence-corrected chi connectivity index (χ4v) is 4.45. The molecule has 1 aliphatic heterocycles. The Morgan fingerprint density at radius 3 is 2.42 bits per heavy atom. The van der Waals surface area contributed by atoms with E-state index in [1.54, 1.807) is 24.0 Å². The van der Waals surface area contributed by atoms with E-state index in [2.05, 4.69) is 21.0 Å². The molecule has 1 fully saturated rings. The van der Waals surface area contributed by atoms with Crippen LogP contribution >= 0.6 is 0 Å². The fraction of sp³-hybridized carbons (Fsp3) is 0.440. The first-order valence-electron chi connectivity index (χ1n) is 11.5. The fourth-order valence-electron chi connectivity index (χ4n) is 4.45. The third-order valence-corrected chi connectivity index (χ3v) is 6.31. The van der Waals surface area contributed by atoms with Crippen LogP contribution < -0.4 is 15.0 Å². The Kier molecular flexibility index (Phi) is 6.09. The van der Waals surface area contributed by atoms with E-state index in [9.17, 15) is 4.79 Å². The maximum absolute atomic E-state index is 12.3. The van der Waals surface area contributed by atoms with E-state index in [4.69, 9.17) is 14.2 Å². The highest BCUT2D eigenvalue weighted by molar-refractivity contribution is 5.86. The van der Waals surface area contributed by atoms with Gasteiger partial charge in [-0.3, -0.25) is 4.79 Å². The highest BCUT2D eigenvalue weighted by Gasteiger charge is 2.26. The summed E-state index contributed by atoms with van der Waals surface area (Å²) in [6.45, 7) is 3.27. The van der Waals surface area contributed by atoms with Crippen LogP contribution in [-0.4, -0.2) is 44.9 Å². The lowest BCUT2D eigenvalue weighted by Crippen LogP contribution is -2.30. The van der Waals surface area contributed by atoms with Crippen molar-refractivity contribution in [3.8, 4) is 11.8 Å². The number of fused-ring (bicyclic) bond motifs is 1. The number of hydrogen-bond acceptors (Lipinski definition) is 7. The summed E-state index contributed by atoms with van der Waals surface area (Å²) in [5.41, 5.74) is 4.63. The maximum atomic E-state index is 12.3. The summed E-state index contributed by atoms with van der Waals surface area (Å²) in [5.74, 6) is 0.703. The van der Waals surface area contributed by atoms with Crippen LogP contribution in [0.5, 0.6) is 11.8 Å². The van der Waals surface area contributed by atoms with Gasteiger partial charge in [0.1, 0.15) is 17.4 Å². The standard InChI is InChI=1S/C25H28N4O4/c1-16-13-27-25(28-14-16)33-20-5-3-19(4-6-20)32-22-12-18(17-7-9-31-10-8-17)11-21-24(22)29(2)23(30)15-26-21/h7,11-15,19-20H,3-6,8-10H2,1-2H3. The lowest BCUT2D eigenvalue weighted by atomic mass is 9.94. The van der Waals surface area contributed by atoms with Crippen LogP contribution in [0.2, 0.25) is 0 Å². The zero-order valence-corrected chi connectivity index (χ0v) is 19.0. The molecule has 2 aliphatic rings. The van der Waals surface area contributed by atoms with Crippen molar-refractivity contribution in [3.05, 3.63) is 58.3 Å². The van der Waals surface area contributed by atoms with Gasteiger partial charge in [0.25, 0.3) is 5.56 Å². The lowest BCUT2D eigenvalue weighted by molar-refractivity contribution is 0.0755. The molecule has 33 heavy (non-hydrogen) atoms. The molecule has 1 saturated carbocycles. The Balaban J connectivity index is 1.35. The number of ether oxygens (including phenoxy) is 3. The van der Waals surface area contributed by atoms with Gasteiger partial charge in [-0.25, -0.2) is 15.0 Å². The predicted molar refractivity (Wildman–Crippen MR) is 124 cm³/mol. The second kappa shape index (κ2) is 9.31. The molecule has 3 heterocycles. The van der Waals surface area contributed by atoms with Crippen molar-refractivity contribution in [3.63, 3.8) is 0 Å². The van der Waals surface area contributed by atoms with Crippen LogP contribution in [0.1, 0.15) is 43.2 Å². The largest absolute Gasteiger partial charge is 0.488 e. The summed E-state index contributed by atoms with van der Waals surface area (Å²) in [7, 11) is 1.76. The van der Waals surface area contributed by atoms with E-state index in [0.29, 0.717) is 25.0 Å². The molecule has 0 atom stereocenters. The van der Waals surface area contributed by atoms with E-state index in [1.165, 1.54) is 11.8 Å². The molecule has 0 saturated heterocycles. The first-order valence-corrected chi connectivity index (χ1v) is 11.5. The monoisotopic (exact) mass is 448 g/mol. The van der Waals surface area contributed by atoms with Gasteiger partial charge in [0, 0.05) is 19.4 Å². The minimum Gasteiger partial charge on any atom is -0.488 e. The number of rotatable bonds is 5. The average Bonchev–Trinajstić information content (AvgIpc) is 2.84. The van der Waals surface area contributed by atoms with Gasteiger partial charge in [0.15, 0.2) is 0 Å². The Morgan fingerprint density at radius 2 is 1.73 bits per heavy atom. The molecule has 0 N–H and O–H groups in total. The van der Waals surface area contributed by atoms with Gasteiger partial charge < -0.3 is 18.8 Å². The summed E-state index contributed by atoms with van der Waals surface area (Å²) in [5, 5.41) is 0. The highest BCUT2D eigenvalue weighted by Crippen LogP contribution is 2.34. The summed E-state index contributed by atoms with van der Waals surface area (Å²) in [4.78, 5) is 25.2. The van der Waals surface area contributed by atoms with E-state index in [1.807, 2.05) is 19.1 Å². The van der Waals surface area contributed by atoms with Crippen molar-refractivity contribution in [2.24, 2.45) is 7.05 Å². The van der Waals surface area contributed by atoms with Gasteiger partial charge in [0.2, 0.25) is 0 Å². The quantitative estimate of drug-likeness (QED) is 0.589. The Hall–Kier alpha value is -3.26. The van der Waals surface area contributed by atoms with Crippen LogP contribution in [0.3, 0.4) is 0 Å². The highest BCUT2D eigenvalue weighted by atomic mass is 16.5. The summed E-state index contributed by atoms with van der Waals surface area (Å²) in [6, 6.07) is 4.50. The molecule has 1 aliphatic carbocycles. The van der Waals surface area contributed by atoms with E-state index < -0.39 is 0 Å². The second-order valence-electron chi connectivity index (χ2n) is 8.73. The first-order chi connectivity index (χ1) is 16.1. The minimum atomic E-state index is -0.152. The Morgan fingerprint density at radius 1 is 1.00 bits per heavy atom. The number of aryl methyl sites for hydroxylation is 2. The zero-order chi connectivity index (χ0) is 22.8. The molecular formula is C25H28N4O4. The molecule has 0 bridgehead atoms. The molecule has 0 amide bonds. The molecule has 8 heteroatoms. The van der Waals surface area contributed by atoms with E-state index >= 15 is 0 Å². The Bertz CT molecular complexity index is 1230. The van der Waals surface area contributed by atoms with Gasteiger partial charge in [-0.15, -0.1) is 0 Å². The summed E-state index contributed by atoms with van der Waals surface area (Å²) in [6.07, 6.45) is 11.4. The van der Waals surface area contributed by atoms with Crippen LogP contribution in [0.25, 0.3) is 16.6 Å². The van der Waals surface area contributed by atoms with Crippen molar-refractivity contribution < 1.29 is 14.2 Å². The smallest absolute Gasteiger partial charge is 0.316 e. The number of aromatic nitrogens is 4. The van der Waals surface area contributed by atoms with Gasteiger partial charge in [0.05, 0.1) is 31.0 Å². The third-order valence-electron chi connectivity index (χ3n) is 6.31. The van der Waals surface area contributed by atoms with Crippen LogP contribution in [0.15, 0.2) is 41.6 Å². The SMILES string of the molecule is Cc1cnc(OC2CCC(Oc3cc(C4=CCOCC4)cc4ncc(=O)n(C)c34)CC2)nc1. The minimum absolute atomic E-state index is 0.0428. The van der Waals surface area contributed by atoms with Crippen molar-refractivity contribution >= 4 is 16.6 Å². The second-order valence-corrected chi connectivity index (χ2v) is 8.73. The van der Waals surface area contributed by atoms with Crippen molar-refractivity contribution in [2.45, 2.75) is 51.2 Å². The van der Waals surface area contributed by atoms with Crippen LogP contribution in [0.4, 0.5) is 0 Å². The molecule has 0 radical (unpaired) electrons. The number of nitrogens with zero attached hydrogens (tertiary/aromatic N) is 4. The van der Waals surface area contributed by atoms with Crippen molar-refractivity contribution in [2.75, 3.05) is 13.2 Å². The van der Waals surface area contributed by atoms with Crippen molar-refractivity contribution in [1.82, 2.24) is 19.5 Å². The van der Waals surface area contributed by atoms with Gasteiger partial charge in [-0.1, -0.05) is 6.08 Å². The topological polar surface area (TPSA) is 88.4 Å². The third kappa shape index (κ3) is 4.75. The summed E-state index contributed by atoms with van der Waals surface area (Å²) >= 11 is 0. The van der Waals surface area contributed by atoms with Crippen LogP contribution in [-0.2, 0) is 11.8 Å². The molecule has 0 unspecified atom stereocenters. The molecule has 2 aromatic heterocycles. The Labute approximate surface area is 192 Å². The maximum Gasteiger partial charge on any atom is 0.316 e.